The molecule has 3 nitrogen and oxygen atoms in total. The SMILES string of the molecule is CCOC(=O)C(F)(F)c1cc(C)c(C)o1. The number of ether oxygens (including phenoxy) is 1. The van der Waals surface area contributed by atoms with Crippen LogP contribution in [-0.4, -0.2) is 12.6 Å². The Labute approximate surface area is 86.0 Å². The number of hydrogen-bond donors (Lipinski definition) is 0. The summed E-state index contributed by atoms with van der Waals surface area (Å²) in [6.45, 7) is 4.56. The minimum absolute atomic E-state index is 0.0902. The van der Waals surface area contributed by atoms with Gasteiger partial charge in [-0.2, -0.15) is 8.78 Å². The zero-order valence-electron chi connectivity index (χ0n) is 8.77. The zero-order valence-corrected chi connectivity index (χ0v) is 8.77. The van der Waals surface area contributed by atoms with E-state index in [-0.39, 0.29) is 6.61 Å². The summed E-state index contributed by atoms with van der Waals surface area (Å²) in [6, 6.07) is 1.15. The fourth-order valence-corrected chi connectivity index (χ4v) is 1.05. The minimum atomic E-state index is -3.71. The molecule has 0 aromatic carbocycles. The monoisotopic (exact) mass is 218 g/mol. The molecule has 0 radical (unpaired) electrons. The molecule has 0 spiro atoms. The summed E-state index contributed by atoms with van der Waals surface area (Å²) in [5.74, 6) is -5.60. The number of carbonyl (C=O) groups is 1. The van der Waals surface area contributed by atoms with Gasteiger partial charge in [-0.15, -0.1) is 0 Å². The molecule has 0 saturated heterocycles. The van der Waals surface area contributed by atoms with Crippen molar-refractivity contribution in [2.45, 2.75) is 26.7 Å². The molecule has 0 fully saturated rings. The van der Waals surface area contributed by atoms with Crippen molar-refractivity contribution in [1.29, 1.82) is 0 Å². The Morgan fingerprint density at radius 2 is 2.13 bits per heavy atom. The highest BCUT2D eigenvalue weighted by molar-refractivity contribution is 5.78. The van der Waals surface area contributed by atoms with Crippen LogP contribution in [0.15, 0.2) is 10.5 Å². The van der Waals surface area contributed by atoms with Crippen LogP contribution in [-0.2, 0) is 15.5 Å². The summed E-state index contributed by atoms with van der Waals surface area (Å²) in [4.78, 5) is 11.0. The summed E-state index contributed by atoms with van der Waals surface area (Å²) in [7, 11) is 0. The average Bonchev–Trinajstić information content (AvgIpc) is 2.48. The molecule has 15 heavy (non-hydrogen) atoms. The van der Waals surface area contributed by atoms with Gasteiger partial charge in [0.2, 0.25) is 0 Å². The normalized spacial score (nSPS) is 11.5. The Bertz CT molecular complexity index is 349. The van der Waals surface area contributed by atoms with Gasteiger partial charge in [0.05, 0.1) is 6.61 Å². The average molecular weight is 218 g/mol. The molecule has 84 valence electrons. The third kappa shape index (κ3) is 2.16. The highest BCUT2D eigenvalue weighted by Crippen LogP contribution is 2.32. The van der Waals surface area contributed by atoms with E-state index in [4.69, 9.17) is 4.42 Å². The number of esters is 1. The second-order valence-electron chi connectivity index (χ2n) is 3.14. The van der Waals surface area contributed by atoms with Crippen molar-refractivity contribution < 1.29 is 22.7 Å². The van der Waals surface area contributed by atoms with Crippen molar-refractivity contribution in [2.24, 2.45) is 0 Å². The molecule has 0 aliphatic rings. The Balaban J connectivity index is 2.99. The molecular weight excluding hydrogens is 206 g/mol. The topological polar surface area (TPSA) is 39.4 Å². The third-order valence-corrected chi connectivity index (χ3v) is 2.01. The highest BCUT2D eigenvalue weighted by atomic mass is 19.3. The molecule has 0 saturated carbocycles. The fourth-order valence-electron chi connectivity index (χ4n) is 1.05. The maximum atomic E-state index is 13.4. The van der Waals surface area contributed by atoms with Gasteiger partial charge < -0.3 is 9.15 Å². The van der Waals surface area contributed by atoms with Crippen LogP contribution < -0.4 is 0 Å². The lowest BCUT2D eigenvalue weighted by atomic mass is 10.2. The van der Waals surface area contributed by atoms with Crippen LogP contribution in [0, 0.1) is 13.8 Å². The van der Waals surface area contributed by atoms with Crippen molar-refractivity contribution in [3.05, 3.63) is 23.2 Å². The number of furan rings is 1. The molecular formula is C10H12F2O3. The third-order valence-electron chi connectivity index (χ3n) is 2.01. The van der Waals surface area contributed by atoms with E-state index in [2.05, 4.69) is 4.74 Å². The molecule has 1 rings (SSSR count). The van der Waals surface area contributed by atoms with Gasteiger partial charge >= 0.3 is 11.9 Å². The van der Waals surface area contributed by atoms with E-state index >= 15 is 0 Å². The van der Waals surface area contributed by atoms with Crippen LogP contribution in [0.1, 0.15) is 24.0 Å². The molecule has 1 heterocycles. The van der Waals surface area contributed by atoms with Crippen molar-refractivity contribution in [3.63, 3.8) is 0 Å². The number of carbonyl (C=O) groups excluding carboxylic acids is 1. The van der Waals surface area contributed by atoms with Crippen LogP contribution in [0.5, 0.6) is 0 Å². The van der Waals surface area contributed by atoms with Crippen molar-refractivity contribution in [2.75, 3.05) is 6.61 Å². The van der Waals surface area contributed by atoms with E-state index < -0.39 is 17.7 Å². The van der Waals surface area contributed by atoms with Gasteiger partial charge in [-0.3, -0.25) is 0 Å². The zero-order chi connectivity index (χ0) is 11.6. The van der Waals surface area contributed by atoms with E-state index in [0.29, 0.717) is 11.3 Å². The smallest absolute Gasteiger partial charge is 0.399 e. The standard InChI is InChI=1S/C10H12F2O3/c1-4-14-9(13)10(11,12)8-5-6(2)7(3)15-8/h5H,4H2,1-3H3. The molecule has 0 amide bonds. The van der Waals surface area contributed by atoms with E-state index in [1.165, 1.54) is 6.92 Å². The van der Waals surface area contributed by atoms with E-state index in [9.17, 15) is 13.6 Å². The summed E-state index contributed by atoms with van der Waals surface area (Å²) in [5, 5.41) is 0. The van der Waals surface area contributed by atoms with Crippen molar-refractivity contribution >= 4 is 5.97 Å². The number of aryl methyl sites for hydroxylation is 2. The highest BCUT2D eigenvalue weighted by Gasteiger charge is 2.46. The first kappa shape index (κ1) is 11.7. The molecule has 1 aromatic rings. The maximum absolute atomic E-state index is 13.4. The van der Waals surface area contributed by atoms with Crippen LogP contribution in [0.3, 0.4) is 0 Å². The molecule has 0 atom stereocenters. The number of hydrogen-bond acceptors (Lipinski definition) is 3. The molecule has 0 aliphatic heterocycles. The number of halogens is 2. The lowest BCUT2D eigenvalue weighted by Crippen LogP contribution is -2.27. The Morgan fingerprint density at radius 3 is 2.53 bits per heavy atom. The lowest BCUT2D eigenvalue weighted by molar-refractivity contribution is -0.175. The largest absolute Gasteiger partial charge is 0.461 e. The molecule has 5 heteroatoms. The predicted octanol–water partition coefficient (Wildman–Crippen LogP) is 2.55. The summed E-state index contributed by atoms with van der Waals surface area (Å²) in [5.41, 5.74) is 0.578. The van der Waals surface area contributed by atoms with E-state index in [0.717, 1.165) is 6.07 Å². The van der Waals surface area contributed by atoms with Crippen molar-refractivity contribution in [1.82, 2.24) is 0 Å². The molecule has 1 aromatic heterocycles. The second-order valence-corrected chi connectivity index (χ2v) is 3.14. The molecule has 0 unspecified atom stereocenters. The van der Waals surface area contributed by atoms with Gasteiger partial charge in [0.15, 0.2) is 5.76 Å². The first-order valence-electron chi connectivity index (χ1n) is 4.52. The minimum Gasteiger partial charge on any atom is -0.461 e. The Hall–Kier alpha value is -1.39. The van der Waals surface area contributed by atoms with E-state index in [1.54, 1.807) is 13.8 Å². The lowest BCUT2D eigenvalue weighted by Gasteiger charge is -2.11. The van der Waals surface area contributed by atoms with Crippen LogP contribution in [0.2, 0.25) is 0 Å². The summed E-state index contributed by atoms with van der Waals surface area (Å²) < 4.78 is 35.8. The van der Waals surface area contributed by atoms with Gasteiger partial charge in [-0.25, -0.2) is 4.79 Å². The second kappa shape index (κ2) is 4.00. The number of alkyl halides is 2. The summed E-state index contributed by atoms with van der Waals surface area (Å²) in [6.07, 6.45) is 0. The Kier molecular flexibility index (Phi) is 3.12. The fraction of sp³-hybridized carbons (Fsp3) is 0.500. The molecule has 0 N–H and O–H groups in total. The first-order valence-corrected chi connectivity index (χ1v) is 4.52. The first-order chi connectivity index (χ1) is 6.89. The van der Waals surface area contributed by atoms with Gasteiger partial charge in [0, 0.05) is 0 Å². The quantitative estimate of drug-likeness (QED) is 0.732. The number of rotatable bonds is 3. The predicted molar refractivity (Wildman–Crippen MR) is 48.7 cm³/mol. The van der Waals surface area contributed by atoms with Crippen LogP contribution in [0.25, 0.3) is 0 Å². The van der Waals surface area contributed by atoms with E-state index in [1.807, 2.05) is 0 Å². The van der Waals surface area contributed by atoms with Gasteiger partial charge in [0.25, 0.3) is 0 Å². The van der Waals surface area contributed by atoms with Crippen LogP contribution >= 0.6 is 0 Å². The van der Waals surface area contributed by atoms with Gasteiger partial charge in [-0.05, 0) is 32.4 Å². The molecule has 0 bridgehead atoms. The van der Waals surface area contributed by atoms with Gasteiger partial charge in [0.1, 0.15) is 5.76 Å². The Morgan fingerprint density at radius 1 is 1.53 bits per heavy atom. The van der Waals surface area contributed by atoms with Crippen molar-refractivity contribution in [3.8, 4) is 0 Å². The maximum Gasteiger partial charge on any atom is 0.399 e. The van der Waals surface area contributed by atoms with Gasteiger partial charge in [-0.1, -0.05) is 0 Å². The van der Waals surface area contributed by atoms with Crippen LogP contribution in [0.4, 0.5) is 8.78 Å². The summed E-state index contributed by atoms with van der Waals surface area (Å²) >= 11 is 0. The molecule has 0 aliphatic carbocycles.